The van der Waals surface area contributed by atoms with Gasteiger partial charge in [0.15, 0.2) is 0 Å². The van der Waals surface area contributed by atoms with Crippen molar-refractivity contribution in [2.75, 3.05) is 14.2 Å². The summed E-state index contributed by atoms with van der Waals surface area (Å²) in [4.78, 5) is 10.5. The van der Waals surface area contributed by atoms with Crippen LogP contribution in [-0.2, 0) is 4.79 Å². The van der Waals surface area contributed by atoms with E-state index in [2.05, 4.69) is 0 Å². The second kappa shape index (κ2) is 5.61. The van der Waals surface area contributed by atoms with E-state index in [1.165, 1.54) is 22.9 Å². The van der Waals surface area contributed by atoms with Crippen LogP contribution in [0, 0.1) is 0 Å². The molecule has 1 aromatic carbocycles. The van der Waals surface area contributed by atoms with Crippen LogP contribution in [0.4, 0.5) is 0 Å². The summed E-state index contributed by atoms with van der Waals surface area (Å²) in [5, 5.41) is 8.65. The van der Waals surface area contributed by atoms with Gasteiger partial charge in [-0.25, -0.2) is 0 Å². The predicted octanol–water partition coefficient (Wildman–Crippen LogP) is 0.762. The SMILES string of the molecule is COc1ccc(C([AsH2])=CC(=O)O)cc1OC. The first-order chi connectivity index (χ1) is 7.58. The average molecular weight is 284 g/mol. The Morgan fingerprint density at radius 2 is 1.94 bits per heavy atom. The zero-order valence-corrected chi connectivity index (χ0v) is 11.5. The molecule has 0 saturated heterocycles. The molecule has 1 rings (SSSR count). The van der Waals surface area contributed by atoms with E-state index in [9.17, 15) is 4.79 Å². The number of ether oxygens (including phenoxy) is 2. The number of hydrogen-bond donors (Lipinski definition) is 1. The molecule has 5 heteroatoms. The van der Waals surface area contributed by atoms with Gasteiger partial charge in [-0.1, -0.05) is 0 Å². The summed E-state index contributed by atoms with van der Waals surface area (Å²) in [6.07, 6.45) is 1.18. The third kappa shape index (κ3) is 3.04. The first kappa shape index (κ1) is 12.7. The maximum atomic E-state index is 10.5. The first-order valence-electron chi connectivity index (χ1n) is 4.51. The van der Waals surface area contributed by atoms with Crippen molar-refractivity contribution < 1.29 is 19.4 Å². The van der Waals surface area contributed by atoms with Crippen LogP contribution in [0.2, 0.25) is 0 Å². The van der Waals surface area contributed by atoms with E-state index in [1.807, 2.05) is 0 Å². The Bertz CT molecular complexity index is 426. The molecule has 1 N–H and O–H groups in total. The predicted molar refractivity (Wildman–Crippen MR) is 63.7 cm³/mol. The number of rotatable bonds is 4. The number of methoxy groups -OCH3 is 2. The van der Waals surface area contributed by atoms with Gasteiger partial charge >= 0.3 is 102 Å². The van der Waals surface area contributed by atoms with Crippen LogP contribution < -0.4 is 9.47 Å². The summed E-state index contributed by atoms with van der Waals surface area (Å²) in [6, 6.07) is 5.32. The normalized spacial score (nSPS) is 11.1. The van der Waals surface area contributed by atoms with Crippen LogP contribution in [0.15, 0.2) is 24.3 Å². The zero-order chi connectivity index (χ0) is 12.1. The van der Waals surface area contributed by atoms with Crippen molar-refractivity contribution in [3.8, 4) is 11.5 Å². The molecule has 0 spiro atoms. The van der Waals surface area contributed by atoms with Crippen LogP contribution >= 0.6 is 0 Å². The molecule has 0 aliphatic rings. The monoisotopic (exact) mass is 284 g/mol. The molecule has 0 amide bonds. The molecule has 1 atom stereocenters. The van der Waals surface area contributed by atoms with E-state index in [0.717, 1.165) is 9.92 Å². The molecule has 0 saturated carbocycles. The molecule has 1 aromatic rings. The van der Waals surface area contributed by atoms with Gasteiger partial charge in [0.1, 0.15) is 0 Å². The van der Waals surface area contributed by atoms with Gasteiger partial charge in [-0.2, -0.15) is 0 Å². The van der Waals surface area contributed by atoms with Crippen molar-refractivity contribution in [2.24, 2.45) is 0 Å². The minimum absolute atomic E-state index is 0.592. The molecule has 0 bridgehead atoms. The molecule has 4 nitrogen and oxygen atoms in total. The molecule has 0 aliphatic carbocycles. The van der Waals surface area contributed by atoms with Crippen molar-refractivity contribution >= 4 is 27.2 Å². The van der Waals surface area contributed by atoms with E-state index in [4.69, 9.17) is 14.6 Å². The number of carbonyl (C=O) groups is 1. The quantitative estimate of drug-likeness (QED) is 0.655. The Labute approximate surface area is 102 Å². The number of hydrogen-bond acceptors (Lipinski definition) is 3. The van der Waals surface area contributed by atoms with Gasteiger partial charge < -0.3 is 0 Å². The molecule has 1 unspecified atom stereocenters. The molecule has 16 heavy (non-hydrogen) atoms. The van der Waals surface area contributed by atoms with Crippen LogP contribution in [0.5, 0.6) is 11.5 Å². The maximum absolute atomic E-state index is 10.5. The Hall–Kier alpha value is -1.41. The second-order valence-electron chi connectivity index (χ2n) is 3.01. The van der Waals surface area contributed by atoms with Crippen molar-refractivity contribution in [1.29, 1.82) is 0 Å². The zero-order valence-electron chi connectivity index (χ0n) is 9.06. The number of benzene rings is 1. The fourth-order valence-electron chi connectivity index (χ4n) is 1.23. The van der Waals surface area contributed by atoms with Gasteiger partial charge in [-0.05, 0) is 0 Å². The van der Waals surface area contributed by atoms with Crippen molar-refractivity contribution in [3.05, 3.63) is 29.8 Å². The fourth-order valence-corrected chi connectivity index (χ4v) is 1.91. The molecule has 0 radical (unpaired) electrons. The number of aliphatic carboxylic acids is 1. The van der Waals surface area contributed by atoms with Gasteiger partial charge in [0, 0.05) is 0 Å². The van der Waals surface area contributed by atoms with Crippen molar-refractivity contribution in [3.63, 3.8) is 0 Å². The molecule has 0 aromatic heterocycles. The Morgan fingerprint density at radius 1 is 1.31 bits per heavy atom. The molecule has 86 valence electrons. The van der Waals surface area contributed by atoms with E-state index in [0.29, 0.717) is 11.5 Å². The fraction of sp³-hybridized carbons (Fsp3) is 0.182. The molecule has 0 aliphatic heterocycles. The third-order valence-corrected chi connectivity index (χ3v) is 3.04. The molecule has 0 heterocycles. The van der Waals surface area contributed by atoms with Gasteiger partial charge in [0.2, 0.25) is 0 Å². The third-order valence-electron chi connectivity index (χ3n) is 2.00. The Balaban J connectivity index is 3.13. The van der Waals surface area contributed by atoms with Crippen molar-refractivity contribution in [2.45, 2.75) is 0 Å². The van der Waals surface area contributed by atoms with Crippen molar-refractivity contribution in [1.82, 2.24) is 0 Å². The number of carboxylic acid groups (broad SMARTS) is 1. The van der Waals surface area contributed by atoms with Crippen LogP contribution in [0.1, 0.15) is 5.56 Å². The van der Waals surface area contributed by atoms with E-state index >= 15 is 0 Å². The summed E-state index contributed by atoms with van der Waals surface area (Å²) in [5.74, 6) is 0.268. The summed E-state index contributed by atoms with van der Waals surface area (Å²) in [6.45, 7) is 0. The van der Waals surface area contributed by atoms with Crippen LogP contribution in [0.25, 0.3) is 4.36 Å². The van der Waals surface area contributed by atoms with Gasteiger partial charge in [0.05, 0.1) is 0 Å². The molecular formula is C11H13AsO4. The van der Waals surface area contributed by atoms with Crippen LogP contribution in [-0.4, -0.2) is 42.1 Å². The minimum atomic E-state index is -0.950. The van der Waals surface area contributed by atoms with Gasteiger partial charge in [-0.15, -0.1) is 0 Å². The summed E-state index contributed by atoms with van der Waals surface area (Å²) >= 11 is 1.25. The average Bonchev–Trinajstić information content (AvgIpc) is 2.27. The standard InChI is InChI=1S/C11H13AsO4/c1-15-9-4-3-7(5-10(9)16-2)8(12)6-11(13)14/h3-6H,12H2,1-2H3,(H,13,14). The molecular weight excluding hydrogens is 271 g/mol. The summed E-state index contributed by atoms with van der Waals surface area (Å²) in [7, 11) is 3.10. The number of carboxylic acids is 1. The summed E-state index contributed by atoms with van der Waals surface area (Å²) in [5.41, 5.74) is 0.819. The topological polar surface area (TPSA) is 55.8 Å². The van der Waals surface area contributed by atoms with Gasteiger partial charge in [-0.3, -0.25) is 0 Å². The summed E-state index contributed by atoms with van der Waals surface area (Å²) < 4.78 is 11.0. The van der Waals surface area contributed by atoms with E-state index in [1.54, 1.807) is 32.4 Å². The molecule has 0 fully saturated rings. The van der Waals surface area contributed by atoms with Crippen LogP contribution in [0.3, 0.4) is 0 Å². The van der Waals surface area contributed by atoms with E-state index in [-0.39, 0.29) is 0 Å². The second-order valence-corrected chi connectivity index (χ2v) is 4.31. The van der Waals surface area contributed by atoms with E-state index < -0.39 is 5.97 Å². The van der Waals surface area contributed by atoms with Gasteiger partial charge in [0.25, 0.3) is 0 Å². The Morgan fingerprint density at radius 3 is 2.44 bits per heavy atom. The Kier molecular flexibility index (Phi) is 4.44. The first-order valence-corrected chi connectivity index (χ1v) is 5.72.